The van der Waals surface area contributed by atoms with Crippen LogP contribution in [0.2, 0.25) is 0 Å². The number of pyridine rings is 1. The second kappa shape index (κ2) is 4.58. The molecule has 2 nitrogen and oxygen atoms in total. The predicted molar refractivity (Wildman–Crippen MR) is 63.8 cm³/mol. The van der Waals surface area contributed by atoms with Gasteiger partial charge in [0.15, 0.2) is 0 Å². The Bertz CT molecular complexity index is 367. The summed E-state index contributed by atoms with van der Waals surface area (Å²) in [5, 5.41) is 3.33. The summed E-state index contributed by atoms with van der Waals surface area (Å²) in [6.45, 7) is 6.48. The molecule has 0 aliphatic carbocycles. The van der Waals surface area contributed by atoms with Crippen LogP contribution in [0.15, 0.2) is 24.5 Å². The van der Waals surface area contributed by atoms with Gasteiger partial charge >= 0.3 is 0 Å². The molecule has 0 fully saturated rings. The third-order valence-corrected chi connectivity index (χ3v) is 2.86. The monoisotopic (exact) mass is 202 g/mol. The maximum absolute atomic E-state index is 4.32. The summed E-state index contributed by atoms with van der Waals surface area (Å²) in [7, 11) is 0. The molecule has 15 heavy (non-hydrogen) atoms. The van der Waals surface area contributed by atoms with Crippen LogP contribution in [-0.2, 0) is 0 Å². The van der Waals surface area contributed by atoms with Crippen LogP contribution in [0, 0.1) is 0 Å². The highest BCUT2D eigenvalue weighted by Crippen LogP contribution is 2.22. The molecule has 0 bridgehead atoms. The second-order valence-corrected chi connectivity index (χ2v) is 4.35. The van der Waals surface area contributed by atoms with Gasteiger partial charge in [0.05, 0.1) is 0 Å². The lowest BCUT2D eigenvalue weighted by atomic mass is 9.97. The Kier molecular flexibility index (Phi) is 3.17. The zero-order valence-electron chi connectivity index (χ0n) is 9.46. The topological polar surface area (TPSA) is 24.9 Å². The average Bonchev–Trinajstić information content (AvgIpc) is 2.30. The van der Waals surface area contributed by atoms with Gasteiger partial charge in [0.1, 0.15) is 0 Å². The number of nitrogens with one attached hydrogen (secondary N) is 1. The SMILES string of the molecule is CC(C)c1cncc(C2=CCNCC2)c1. The fourth-order valence-electron chi connectivity index (χ4n) is 1.83. The van der Waals surface area contributed by atoms with Crippen molar-refractivity contribution in [3.8, 4) is 0 Å². The summed E-state index contributed by atoms with van der Waals surface area (Å²) >= 11 is 0. The Morgan fingerprint density at radius 1 is 1.33 bits per heavy atom. The zero-order valence-corrected chi connectivity index (χ0v) is 9.46. The summed E-state index contributed by atoms with van der Waals surface area (Å²) in [6, 6.07) is 2.27. The second-order valence-electron chi connectivity index (χ2n) is 4.35. The van der Waals surface area contributed by atoms with Gasteiger partial charge in [-0.15, -0.1) is 0 Å². The minimum atomic E-state index is 0.555. The number of rotatable bonds is 2. The number of aromatic nitrogens is 1. The van der Waals surface area contributed by atoms with Crippen molar-refractivity contribution in [2.24, 2.45) is 0 Å². The number of hydrogen-bond donors (Lipinski definition) is 1. The number of hydrogen-bond acceptors (Lipinski definition) is 2. The van der Waals surface area contributed by atoms with E-state index in [9.17, 15) is 0 Å². The van der Waals surface area contributed by atoms with E-state index in [-0.39, 0.29) is 0 Å². The van der Waals surface area contributed by atoms with Crippen LogP contribution >= 0.6 is 0 Å². The van der Waals surface area contributed by atoms with Gasteiger partial charge in [-0.05, 0) is 41.6 Å². The van der Waals surface area contributed by atoms with Crippen molar-refractivity contribution in [3.05, 3.63) is 35.7 Å². The number of nitrogens with zero attached hydrogens (tertiary/aromatic N) is 1. The molecule has 0 unspecified atom stereocenters. The molecule has 1 aromatic rings. The van der Waals surface area contributed by atoms with E-state index in [0.29, 0.717) is 5.92 Å². The average molecular weight is 202 g/mol. The Balaban J connectivity index is 2.27. The van der Waals surface area contributed by atoms with Crippen LogP contribution in [0.5, 0.6) is 0 Å². The Morgan fingerprint density at radius 3 is 2.87 bits per heavy atom. The molecular weight excluding hydrogens is 184 g/mol. The van der Waals surface area contributed by atoms with Gasteiger partial charge in [-0.25, -0.2) is 0 Å². The molecular formula is C13H18N2. The highest BCUT2D eigenvalue weighted by molar-refractivity contribution is 5.66. The van der Waals surface area contributed by atoms with Gasteiger partial charge in [0, 0.05) is 18.9 Å². The van der Waals surface area contributed by atoms with E-state index in [1.165, 1.54) is 16.7 Å². The largest absolute Gasteiger partial charge is 0.313 e. The van der Waals surface area contributed by atoms with Crippen LogP contribution < -0.4 is 5.32 Å². The summed E-state index contributed by atoms with van der Waals surface area (Å²) in [5.74, 6) is 0.555. The van der Waals surface area contributed by atoms with Gasteiger partial charge in [-0.3, -0.25) is 4.98 Å². The van der Waals surface area contributed by atoms with Crippen molar-refractivity contribution in [2.75, 3.05) is 13.1 Å². The van der Waals surface area contributed by atoms with Gasteiger partial charge in [0.25, 0.3) is 0 Å². The third kappa shape index (κ3) is 2.45. The van der Waals surface area contributed by atoms with E-state index in [1.807, 2.05) is 12.4 Å². The minimum absolute atomic E-state index is 0.555. The van der Waals surface area contributed by atoms with E-state index in [2.05, 4.69) is 36.3 Å². The van der Waals surface area contributed by atoms with Crippen LogP contribution in [-0.4, -0.2) is 18.1 Å². The van der Waals surface area contributed by atoms with Gasteiger partial charge in [-0.1, -0.05) is 19.9 Å². The standard InChI is InChI=1S/C13H18N2/c1-10(2)12-7-13(9-15-8-12)11-3-5-14-6-4-11/h3,7-10,14H,4-6H2,1-2H3. The predicted octanol–water partition coefficient (Wildman–Crippen LogP) is 2.58. The van der Waals surface area contributed by atoms with Crippen LogP contribution in [0.4, 0.5) is 0 Å². The third-order valence-electron chi connectivity index (χ3n) is 2.86. The van der Waals surface area contributed by atoms with Gasteiger partial charge in [-0.2, -0.15) is 0 Å². The van der Waals surface area contributed by atoms with Crippen LogP contribution in [0.25, 0.3) is 5.57 Å². The first-order valence-corrected chi connectivity index (χ1v) is 5.62. The molecule has 0 saturated carbocycles. The lowest BCUT2D eigenvalue weighted by Crippen LogP contribution is -2.20. The van der Waals surface area contributed by atoms with Crippen LogP contribution in [0.3, 0.4) is 0 Å². The molecule has 1 aromatic heterocycles. The molecule has 2 rings (SSSR count). The van der Waals surface area contributed by atoms with Crippen molar-refractivity contribution in [1.29, 1.82) is 0 Å². The summed E-state index contributed by atoms with van der Waals surface area (Å²) in [6.07, 6.45) is 7.33. The summed E-state index contributed by atoms with van der Waals surface area (Å²) in [5.41, 5.74) is 4.05. The molecule has 2 heteroatoms. The molecule has 0 atom stereocenters. The lowest BCUT2D eigenvalue weighted by molar-refractivity contribution is 0.738. The smallest absolute Gasteiger partial charge is 0.0343 e. The molecule has 1 aliphatic heterocycles. The molecule has 2 heterocycles. The lowest BCUT2D eigenvalue weighted by Gasteiger charge is -2.15. The molecule has 80 valence electrons. The van der Waals surface area contributed by atoms with Crippen molar-refractivity contribution >= 4 is 5.57 Å². The highest BCUT2D eigenvalue weighted by atomic mass is 14.8. The molecule has 1 N–H and O–H groups in total. The molecule has 0 saturated heterocycles. The maximum Gasteiger partial charge on any atom is 0.0343 e. The fraction of sp³-hybridized carbons (Fsp3) is 0.462. The first-order chi connectivity index (χ1) is 7.27. The minimum Gasteiger partial charge on any atom is -0.313 e. The Morgan fingerprint density at radius 2 is 2.20 bits per heavy atom. The van der Waals surface area contributed by atoms with Crippen molar-refractivity contribution in [1.82, 2.24) is 10.3 Å². The molecule has 0 amide bonds. The quantitative estimate of drug-likeness (QED) is 0.797. The molecule has 1 aliphatic rings. The van der Waals surface area contributed by atoms with E-state index in [4.69, 9.17) is 0 Å². The first kappa shape index (κ1) is 10.4. The molecule has 0 radical (unpaired) electrons. The molecule has 0 aromatic carbocycles. The van der Waals surface area contributed by atoms with E-state index in [0.717, 1.165) is 19.5 Å². The summed E-state index contributed by atoms with van der Waals surface area (Å²) in [4.78, 5) is 4.32. The van der Waals surface area contributed by atoms with Gasteiger partial charge < -0.3 is 5.32 Å². The maximum atomic E-state index is 4.32. The van der Waals surface area contributed by atoms with Crippen LogP contribution in [0.1, 0.15) is 37.3 Å². The first-order valence-electron chi connectivity index (χ1n) is 5.62. The van der Waals surface area contributed by atoms with Crippen molar-refractivity contribution in [3.63, 3.8) is 0 Å². The fourth-order valence-corrected chi connectivity index (χ4v) is 1.83. The summed E-state index contributed by atoms with van der Waals surface area (Å²) < 4.78 is 0. The van der Waals surface area contributed by atoms with Crippen molar-refractivity contribution in [2.45, 2.75) is 26.2 Å². The molecule has 0 spiro atoms. The Hall–Kier alpha value is -1.15. The van der Waals surface area contributed by atoms with Crippen molar-refractivity contribution < 1.29 is 0 Å². The normalized spacial score (nSPS) is 16.6. The highest BCUT2D eigenvalue weighted by Gasteiger charge is 2.07. The van der Waals surface area contributed by atoms with Gasteiger partial charge in [0.2, 0.25) is 0 Å². The van der Waals surface area contributed by atoms with E-state index in [1.54, 1.807) is 0 Å². The van der Waals surface area contributed by atoms with E-state index >= 15 is 0 Å². The van der Waals surface area contributed by atoms with E-state index < -0.39 is 0 Å². The zero-order chi connectivity index (χ0) is 10.7. The Labute approximate surface area is 91.4 Å².